The average molecular weight is 408 g/mol. The molecule has 1 unspecified atom stereocenters. The molecule has 2 N–H and O–H groups in total. The van der Waals surface area contributed by atoms with Crippen LogP contribution in [0.25, 0.3) is 0 Å². The molecule has 1 aliphatic carbocycles. The number of rotatable bonds is 3. The maximum Gasteiger partial charge on any atom is 0.161 e. The summed E-state index contributed by atoms with van der Waals surface area (Å²) in [5.41, 5.74) is 10.7. The lowest BCUT2D eigenvalue weighted by molar-refractivity contribution is -0.116. The van der Waals surface area contributed by atoms with E-state index in [2.05, 4.69) is 19.1 Å². The van der Waals surface area contributed by atoms with Gasteiger partial charge in [0.2, 0.25) is 0 Å². The number of allylic oxidation sites excluding steroid dienone is 3. The van der Waals surface area contributed by atoms with E-state index < -0.39 is 0 Å². The van der Waals surface area contributed by atoms with Crippen molar-refractivity contribution in [2.45, 2.75) is 36.3 Å². The van der Waals surface area contributed by atoms with Gasteiger partial charge in [-0.05, 0) is 49.8 Å². The molecule has 0 bridgehead atoms. The number of hydrogen-bond donors (Lipinski definition) is 1. The first-order valence-electron chi connectivity index (χ1n) is 9.22. The van der Waals surface area contributed by atoms with Gasteiger partial charge in [0.25, 0.3) is 0 Å². The Morgan fingerprint density at radius 2 is 2.04 bits per heavy atom. The number of anilines is 1. The van der Waals surface area contributed by atoms with Gasteiger partial charge in [-0.15, -0.1) is 23.1 Å². The summed E-state index contributed by atoms with van der Waals surface area (Å²) in [5.74, 6) is 0.187. The summed E-state index contributed by atoms with van der Waals surface area (Å²) in [6.07, 6.45) is 4.14. The summed E-state index contributed by atoms with van der Waals surface area (Å²) in [6, 6.07) is 14.2. The first-order valence-corrected chi connectivity index (χ1v) is 11.3. The third-order valence-electron chi connectivity index (χ3n) is 5.27. The van der Waals surface area contributed by atoms with Gasteiger partial charge in [0.05, 0.1) is 21.8 Å². The second-order valence-corrected chi connectivity index (χ2v) is 9.29. The molecule has 0 amide bonds. The van der Waals surface area contributed by atoms with Crippen LogP contribution in [0.2, 0.25) is 0 Å². The smallest absolute Gasteiger partial charge is 0.161 e. The van der Waals surface area contributed by atoms with Crippen molar-refractivity contribution >= 4 is 34.6 Å². The van der Waals surface area contributed by atoms with Crippen molar-refractivity contribution in [3.05, 3.63) is 69.5 Å². The van der Waals surface area contributed by atoms with Crippen LogP contribution in [0, 0.1) is 18.3 Å². The molecular weight excluding hydrogens is 386 g/mol. The minimum absolute atomic E-state index is 0.128. The molecule has 0 saturated carbocycles. The summed E-state index contributed by atoms with van der Waals surface area (Å²) in [7, 11) is 0. The first-order chi connectivity index (χ1) is 13.6. The first kappa shape index (κ1) is 18.9. The van der Waals surface area contributed by atoms with Crippen LogP contribution in [-0.2, 0) is 4.79 Å². The zero-order valence-corrected chi connectivity index (χ0v) is 17.5. The van der Waals surface area contributed by atoms with E-state index in [1.54, 1.807) is 23.1 Å². The van der Waals surface area contributed by atoms with Crippen LogP contribution in [0.4, 0.5) is 5.69 Å². The van der Waals surface area contributed by atoms with Crippen LogP contribution in [0.5, 0.6) is 0 Å². The monoisotopic (exact) mass is 407 g/mol. The van der Waals surface area contributed by atoms with Crippen LogP contribution >= 0.6 is 23.1 Å². The molecule has 0 saturated heterocycles. The molecule has 0 fully saturated rings. The molecule has 4 nitrogen and oxygen atoms in total. The second kappa shape index (κ2) is 7.50. The molecule has 0 radical (unpaired) electrons. The molecular formula is C22H21N3OS2. The van der Waals surface area contributed by atoms with Crippen molar-refractivity contribution in [3.63, 3.8) is 0 Å². The van der Waals surface area contributed by atoms with Gasteiger partial charge in [-0.1, -0.05) is 18.2 Å². The number of thioether (sulfide) groups is 1. The Morgan fingerprint density at radius 3 is 2.71 bits per heavy atom. The normalized spacial score (nSPS) is 19.7. The highest BCUT2D eigenvalue weighted by Crippen LogP contribution is 2.49. The third kappa shape index (κ3) is 2.95. The van der Waals surface area contributed by atoms with E-state index in [1.165, 1.54) is 4.88 Å². The fraction of sp³-hybridized carbons (Fsp3) is 0.273. The number of carbonyl (C=O) groups excluding carboxylic acids is 1. The molecule has 1 atom stereocenters. The zero-order valence-electron chi connectivity index (χ0n) is 15.9. The van der Waals surface area contributed by atoms with Crippen LogP contribution in [-0.4, -0.2) is 12.0 Å². The summed E-state index contributed by atoms with van der Waals surface area (Å²) in [5, 5.41) is 10.1. The molecule has 28 heavy (non-hydrogen) atoms. The maximum atomic E-state index is 13.1. The standard InChI is InChI=1S/C22H21N3OS2/c1-13-11-15(22(27-2)28-13)19-16(12-23)21(24)25(14-7-4-3-5-8-14)17-9-6-10-18(26)20(17)19/h3-5,7-8,11,19H,6,9-10,24H2,1-2H3. The number of hydrogen-bond acceptors (Lipinski definition) is 6. The third-order valence-corrected chi connectivity index (χ3v) is 7.49. The van der Waals surface area contributed by atoms with E-state index in [-0.39, 0.29) is 11.7 Å². The number of aryl methyl sites for hydroxylation is 1. The fourth-order valence-electron chi connectivity index (χ4n) is 4.14. The number of nitrogens with two attached hydrogens (primary N) is 1. The Balaban J connectivity index is 1.99. The van der Waals surface area contributed by atoms with Crippen molar-refractivity contribution < 1.29 is 4.79 Å². The summed E-state index contributed by atoms with van der Waals surface area (Å²) >= 11 is 3.36. The number of para-hydroxylation sites is 1. The van der Waals surface area contributed by atoms with Gasteiger partial charge in [0.15, 0.2) is 5.78 Å². The number of benzene rings is 1. The Hall–Kier alpha value is -2.49. The molecule has 4 rings (SSSR count). The van der Waals surface area contributed by atoms with Gasteiger partial charge in [0.1, 0.15) is 5.82 Å². The van der Waals surface area contributed by atoms with Gasteiger partial charge in [-0.3, -0.25) is 9.69 Å². The van der Waals surface area contributed by atoms with Crippen molar-refractivity contribution in [3.8, 4) is 6.07 Å². The van der Waals surface area contributed by atoms with Crippen molar-refractivity contribution in [1.82, 2.24) is 0 Å². The van der Waals surface area contributed by atoms with Crippen LogP contribution in [0.3, 0.4) is 0 Å². The lowest BCUT2D eigenvalue weighted by Crippen LogP contribution is -2.38. The Labute approximate surface area is 173 Å². The van der Waals surface area contributed by atoms with Crippen LogP contribution in [0.1, 0.15) is 35.6 Å². The number of thiophene rings is 1. The molecule has 1 aliphatic heterocycles. The molecule has 6 heteroatoms. The highest BCUT2D eigenvalue weighted by atomic mass is 32.2. The topological polar surface area (TPSA) is 70.1 Å². The fourth-order valence-corrected chi connectivity index (χ4v) is 6.06. The lowest BCUT2D eigenvalue weighted by Gasteiger charge is -2.39. The van der Waals surface area contributed by atoms with E-state index in [1.807, 2.05) is 41.5 Å². The highest BCUT2D eigenvalue weighted by molar-refractivity contribution is 8.00. The van der Waals surface area contributed by atoms with Crippen LogP contribution in [0.15, 0.2) is 63.3 Å². The van der Waals surface area contributed by atoms with Gasteiger partial charge >= 0.3 is 0 Å². The van der Waals surface area contributed by atoms with Gasteiger partial charge in [0, 0.05) is 28.3 Å². The minimum Gasteiger partial charge on any atom is -0.384 e. The minimum atomic E-state index is -0.375. The van der Waals surface area contributed by atoms with Crippen molar-refractivity contribution in [2.24, 2.45) is 5.73 Å². The molecule has 2 aliphatic rings. The number of nitrogens with zero attached hydrogens (tertiary/aromatic N) is 2. The molecule has 2 heterocycles. The summed E-state index contributed by atoms with van der Waals surface area (Å²) in [4.78, 5) is 16.2. The maximum absolute atomic E-state index is 13.1. The number of ketones is 1. The van der Waals surface area contributed by atoms with Crippen molar-refractivity contribution in [1.29, 1.82) is 5.26 Å². The number of Topliss-reactive ketones (excluding diaryl/α,β-unsaturated/α-hetero) is 1. The lowest BCUT2D eigenvalue weighted by atomic mass is 9.76. The molecule has 0 spiro atoms. The highest BCUT2D eigenvalue weighted by Gasteiger charge is 2.41. The van der Waals surface area contributed by atoms with E-state index in [9.17, 15) is 10.1 Å². The molecule has 142 valence electrons. The predicted octanol–water partition coefficient (Wildman–Crippen LogP) is 5.08. The molecule has 2 aromatic rings. The van der Waals surface area contributed by atoms with E-state index in [4.69, 9.17) is 5.73 Å². The van der Waals surface area contributed by atoms with Crippen LogP contribution < -0.4 is 10.6 Å². The van der Waals surface area contributed by atoms with Crippen molar-refractivity contribution in [2.75, 3.05) is 11.2 Å². The molecule has 1 aromatic carbocycles. The SMILES string of the molecule is CSc1sc(C)cc1C1C(C#N)=C(N)N(c2ccccc2)C2=C1C(=O)CCC2. The Bertz CT molecular complexity index is 1040. The van der Waals surface area contributed by atoms with E-state index >= 15 is 0 Å². The largest absolute Gasteiger partial charge is 0.384 e. The van der Waals surface area contributed by atoms with Gasteiger partial charge in [-0.25, -0.2) is 0 Å². The summed E-state index contributed by atoms with van der Waals surface area (Å²) < 4.78 is 1.14. The average Bonchev–Trinajstić information content (AvgIpc) is 3.08. The van der Waals surface area contributed by atoms with Gasteiger partial charge < -0.3 is 5.73 Å². The van der Waals surface area contributed by atoms with Gasteiger partial charge in [-0.2, -0.15) is 5.26 Å². The zero-order chi connectivity index (χ0) is 19.8. The number of carbonyl (C=O) groups is 1. The second-order valence-electron chi connectivity index (χ2n) is 6.96. The number of nitriles is 1. The van der Waals surface area contributed by atoms with E-state index in [0.29, 0.717) is 17.8 Å². The quantitative estimate of drug-likeness (QED) is 0.718. The Kier molecular flexibility index (Phi) is 5.05. The molecule has 1 aromatic heterocycles. The predicted molar refractivity (Wildman–Crippen MR) is 115 cm³/mol. The Morgan fingerprint density at radius 1 is 1.29 bits per heavy atom. The summed E-state index contributed by atoms with van der Waals surface area (Å²) in [6.45, 7) is 2.06. The van der Waals surface area contributed by atoms with E-state index in [0.717, 1.165) is 39.6 Å².